The van der Waals surface area contributed by atoms with Crippen molar-refractivity contribution in [2.75, 3.05) is 31.3 Å². The Labute approximate surface area is 180 Å². The van der Waals surface area contributed by atoms with Crippen molar-refractivity contribution in [2.45, 2.75) is 30.5 Å². The number of benzene rings is 2. The van der Waals surface area contributed by atoms with Crippen LogP contribution in [0.1, 0.15) is 17.4 Å². The number of aromatic nitrogens is 3. The minimum atomic E-state index is -0.169. The molecule has 2 N–H and O–H groups in total. The van der Waals surface area contributed by atoms with Gasteiger partial charge in [-0.3, -0.25) is 9.88 Å². The summed E-state index contributed by atoms with van der Waals surface area (Å²) < 4.78 is 7.88. The number of aryl methyl sites for hydroxylation is 1. The highest BCUT2D eigenvalue weighted by molar-refractivity contribution is 7.99. The van der Waals surface area contributed by atoms with E-state index in [1.807, 2.05) is 32.3 Å². The number of aromatic amines is 1. The molecule has 8 heteroatoms. The molecule has 0 unspecified atom stereocenters. The third-order valence-corrected chi connectivity index (χ3v) is 6.27. The minimum Gasteiger partial charge on any atom is -0.378 e. The van der Waals surface area contributed by atoms with Crippen molar-refractivity contribution < 1.29 is 4.74 Å². The van der Waals surface area contributed by atoms with Crippen LogP contribution in [0, 0.1) is 0 Å². The standard InChI is InChI=1S/C22H27N5O2S/c1-26(2)18-10-8-17(9-11-18)20-23-14-19(29-20)15-30-22-25-24-21(28)27(22)13-12-16-6-4-3-5-7-16/h3-11,19-20,23H,12-15H2,1-2H3,(H,24,28)/t19-,20+/m0/s1. The van der Waals surface area contributed by atoms with Gasteiger partial charge < -0.3 is 9.64 Å². The number of hydrogen-bond acceptors (Lipinski definition) is 6. The highest BCUT2D eigenvalue weighted by atomic mass is 32.2. The van der Waals surface area contributed by atoms with Crippen LogP contribution in [-0.4, -0.2) is 47.3 Å². The zero-order valence-electron chi connectivity index (χ0n) is 17.2. The smallest absolute Gasteiger partial charge is 0.343 e. The van der Waals surface area contributed by atoms with E-state index in [0.717, 1.165) is 30.0 Å². The minimum absolute atomic E-state index is 0.0582. The van der Waals surface area contributed by atoms with E-state index >= 15 is 0 Å². The SMILES string of the molecule is CN(C)c1ccc([C@@H]2NC[C@@H](CSc3n[nH]c(=O)n3CCc3ccccc3)O2)cc1. The molecule has 0 radical (unpaired) electrons. The molecule has 1 saturated heterocycles. The maximum atomic E-state index is 12.2. The van der Waals surface area contributed by atoms with Crippen LogP contribution in [0.4, 0.5) is 5.69 Å². The van der Waals surface area contributed by atoms with Gasteiger partial charge in [-0.1, -0.05) is 54.2 Å². The Hall–Kier alpha value is -2.55. The highest BCUT2D eigenvalue weighted by Crippen LogP contribution is 2.26. The third-order valence-electron chi connectivity index (χ3n) is 5.16. The molecule has 1 aromatic heterocycles. The highest BCUT2D eigenvalue weighted by Gasteiger charge is 2.26. The topological polar surface area (TPSA) is 75.2 Å². The number of H-pyrrole nitrogens is 1. The van der Waals surface area contributed by atoms with Gasteiger partial charge in [0.25, 0.3) is 0 Å². The van der Waals surface area contributed by atoms with Gasteiger partial charge in [0.2, 0.25) is 0 Å². The third kappa shape index (κ3) is 4.95. The maximum absolute atomic E-state index is 12.2. The molecule has 2 heterocycles. The van der Waals surface area contributed by atoms with Crippen molar-refractivity contribution in [3.63, 3.8) is 0 Å². The van der Waals surface area contributed by atoms with E-state index in [1.54, 1.807) is 16.3 Å². The van der Waals surface area contributed by atoms with Gasteiger partial charge in [0, 0.05) is 38.6 Å². The second-order valence-electron chi connectivity index (χ2n) is 7.54. The molecule has 0 aliphatic carbocycles. The Morgan fingerprint density at radius 3 is 2.67 bits per heavy atom. The molecule has 1 fully saturated rings. The van der Waals surface area contributed by atoms with E-state index in [2.05, 4.69) is 56.8 Å². The summed E-state index contributed by atoms with van der Waals surface area (Å²) in [5.41, 5.74) is 3.31. The second kappa shape index (κ2) is 9.51. The van der Waals surface area contributed by atoms with Gasteiger partial charge in [0.1, 0.15) is 6.23 Å². The average Bonchev–Trinajstić information content (AvgIpc) is 3.38. The van der Waals surface area contributed by atoms with Crippen molar-refractivity contribution in [3.05, 3.63) is 76.2 Å². The number of thioether (sulfide) groups is 1. The van der Waals surface area contributed by atoms with Gasteiger partial charge in [0.05, 0.1) is 6.10 Å². The van der Waals surface area contributed by atoms with E-state index < -0.39 is 0 Å². The first-order valence-corrected chi connectivity index (χ1v) is 11.1. The molecule has 1 aliphatic rings. The van der Waals surface area contributed by atoms with Crippen LogP contribution in [0.3, 0.4) is 0 Å². The quantitative estimate of drug-likeness (QED) is 0.541. The van der Waals surface area contributed by atoms with Crippen LogP contribution in [0.2, 0.25) is 0 Å². The molecule has 7 nitrogen and oxygen atoms in total. The summed E-state index contributed by atoms with van der Waals surface area (Å²) in [5, 5.41) is 10.9. The number of ether oxygens (including phenoxy) is 1. The van der Waals surface area contributed by atoms with E-state index in [4.69, 9.17) is 4.74 Å². The van der Waals surface area contributed by atoms with E-state index in [-0.39, 0.29) is 18.0 Å². The lowest BCUT2D eigenvalue weighted by Crippen LogP contribution is -2.20. The number of nitrogens with zero attached hydrogens (tertiary/aromatic N) is 3. The summed E-state index contributed by atoms with van der Waals surface area (Å²) in [6.45, 7) is 1.37. The summed E-state index contributed by atoms with van der Waals surface area (Å²) >= 11 is 1.55. The molecule has 0 bridgehead atoms. The Kier molecular flexibility index (Phi) is 6.56. The zero-order valence-corrected chi connectivity index (χ0v) is 18.1. The molecule has 2 aromatic carbocycles. The van der Waals surface area contributed by atoms with Crippen molar-refractivity contribution in [3.8, 4) is 0 Å². The monoisotopic (exact) mass is 425 g/mol. The molecule has 3 aromatic rings. The van der Waals surface area contributed by atoms with Gasteiger partial charge in [-0.05, 0) is 29.7 Å². The van der Waals surface area contributed by atoms with Gasteiger partial charge in [-0.25, -0.2) is 9.89 Å². The fourth-order valence-electron chi connectivity index (χ4n) is 3.43. The first kappa shape index (κ1) is 20.7. The summed E-state index contributed by atoms with van der Waals surface area (Å²) in [6, 6.07) is 18.5. The van der Waals surface area contributed by atoms with Crippen molar-refractivity contribution in [1.82, 2.24) is 20.1 Å². The normalized spacial score (nSPS) is 18.6. The molecule has 2 atom stereocenters. The first-order valence-electron chi connectivity index (χ1n) is 10.1. The van der Waals surface area contributed by atoms with Crippen LogP contribution in [0.15, 0.2) is 64.5 Å². The van der Waals surface area contributed by atoms with Crippen LogP contribution in [0.25, 0.3) is 0 Å². The number of hydrogen-bond donors (Lipinski definition) is 2. The Bertz CT molecular complexity index is 1000. The lowest BCUT2D eigenvalue weighted by atomic mass is 10.1. The molecule has 158 valence electrons. The Morgan fingerprint density at radius 1 is 1.17 bits per heavy atom. The van der Waals surface area contributed by atoms with Crippen LogP contribution < -0.4 is 15.9 Å². The van der Waals surface area contributed by atoms with E-state index in [0.29, 0.717) is 11.7 Å². The fraction of sp³-hybridized carbons (Fsp3) is 0.364. The summed E-state index contributed by atoms with van der Waals surface area (Å²) in [4.78, 5) is 14.2. The Balaban J connectivity index is 1.32. The molecule has 30 heavy (non-hydrogen) atoms. The molecule has 0 spiro atoms. The van der Waals surface area contributed by atoms with Crippen molar-refractivity contribution in [1.29, 1.82) is 0 Å². The first-order chi connectivity index (χ1) is 14.6. The summed E-state index contributed by atoms with van der Waals surface area (Å²) in [6.07, 6.45) is 0.745. The predicted molar refractivity (Wildman–Crippen MR) is 120 cm³/mol. The summed E-state index contributed by atoms with van der Waals surface area (Å²) in [5.74, 6) is 0.731. The number of anilines is 1. The second-order valence-corrected chi connectivity index (χ2v) is 8.53. The molecular formula is C22H27N5O2S. The summed E-state index contributed by atoms with van der Waals surface area (Å²) in [7, 11) is 4.06. The maximum Gasteiger partial charge on any atom is 0.343 e. The van der Waals surface area contributed by atoms with Gasteiger partial charge in [0.15, 0.2) is 5.16 Å². The van der Waals surface area contributed by atoms with Gasteiger partial charge in [-0.2, -0.15) is 0 Å². The van der Waals surface area contributed by atoms with Crippen molar-refractivity contribution in [2.24, 2.45) is 0 Å². The average molecular weight is 426 g/mol. The lowest BCUT2D eigenvalue weighted by molar-refractivity contribution is 0.0534. The van der Waals surface area contributed by atoms with Crippen molar-refractivity contribution >= 4 is 17.4 Å². The molecule has 0 saturated carbocycles. The van der Waals surface area contributed by atoms with Crippen LogP contribution >= 0.6 is 11.8 Å². The van der Waals surface area contributed by atoms with E-state index in [1.165, 1.54) is 5.56 Å². The number of nitrogens with one attached hydrogen (secondary N) is 2. The lowest BCUT2D eigenvalue weighted by Gasteiger charge is -2.16. The largest absolute Gasteiger partial charge is 0.378 e. The van der Waals surface area contributed by atoms with E-state index in [9.17, 15) is 4.79 Å². The predicted octanol–water partition coefficient (Wildman–Crippen LogP) is 2.66. The van der Waals surface area contributed by atoms with Crippen LogP contribution in [0.5, 0.6) is 0 Å². The Morgan fingerprint density at radius 2 is 1.93 bits per heavy atom. The van der Waals surface area contributed by atoms with Gasteiger partial charge in [-0.15, -0.1) is 5.10 Å². The van der Waals surface area contributed by atoms with Crippen LogP contribution in [-0.2, 0) is 17.7 Å². The molecule has 4 rings (SSSR count). The molecular weight excluding hydrogens is 398 g/mol. The fourth-order valence-corrected chi connectivity index (χ4v) is 4.40. The van der Waals surface area contributed by atoms with Gasteiger partial charge >= 0.3 is 5.69 Å². The molecule has 1 aliphatic heterocycles. The molecule has 0 amide bonds. The zero-order chi connectivity index (χ0) is 20.9. The number of rotatable bonds is 8.